The Morgan fingerprint density at radius 1 is 0.741 bits per heavy atom. The van der Waals surface area contributed by atoms with E-state index < -0.39 is 0 Å². The summed E-state index contributed by atoms with van der Waals surface area (Å²) in [5, 5.41) is 9.61. The first-order valence-electron chi connectivity index (χ1n) is 9.43. The first-order chi connectivity index (χ1) is 13.3. The highest BCUT2D eigenvalue weighted by atomic mass is 16.3. The van der Waals surface area contributed by atoms with E-state index in [2.05, 4.69) is 65.2 Å². The molecule has 0 fully saturated rings. The van der Waals surface area contributed by atoms with Crippen molar-refractivity contribution in [1.29, 1.82) is 0 Å². The molecule has 1 N–H and O–H groups in total. The fourth-order valence-corrected chi connectivity index (χ4v) is 4.16. The van der Waals surface area contributed by atoms with Crippen molar-refractivity contribution in [2.24, 2.45) is 0 Å². The van der Waals surface area contributed by atoms with E-state index in [-0.39, 0.29) is 0 Å². The number of nitrogens with zero attached hydrogens (tertiary/aromatic N) is 1. The van der Waals surface area contributed by atoms with Crippen molar-refractivity contribution in [2.75, 3.05) is 0 Å². The van der Waals surface area contributed by atoms with Crippen LogP contribution in [0.2, 0.25) is 0 Å². The lowest BCUT2D eigenvalue weighted by Gasteiger charge is -2.20. The smallest absolute Gasteiger partial charge is 0.115 e. The van der Waals surface area contributed by atoms with Crippen LogP contribution in [0.15, 0.2) is 84.9 Å². The third-order valence-electron chi connectivity index (χ3n) is 5.49. The number of aromatic hydroxyl groups is 1. The van der Waals surface area contributed by atoms with Crippen molar-refractivity contribution < 1.29 is 5.11 Å². The fraction of sp³-hybridized carbons (Fsp3) is 0.120. The quantitative estimate of drug-likeness (QED) is 0.505. The number of phenols is 1. The highest BCUT2D eigenvalue weighted by molar-refractivity contribution is 5.78. The van der Waals surface area contributed by atoms with Gasteiger partial charge >= 0.3 is 0 Å². The Hall–Kier alpha value is -3.26. The molecule has 0 radical (unpaired) electrons. The molecule has 5 rings (SSSR count). The molecule has 0 amide bonds. The summed E-state index contributed by atoms with van der Waals surface area (Å²) in [7, 11) is 0. The van der Waals surface area contributed by atoms with Gasteiger partial charge in [-0.1, -0.05) is 66.7 Å². The number of fused-ring (bicyclic) bond motifs is 3. The van der Waals surface area contributed by atoms with E-state index in [9.17, 15) is 5.11 Å². The van der Waals surface area contributed by atoms with E-state index >= 15 is 0 Å². The topological polar surface area (TPSA) is 25.2 Å². The monoisotopic (exact) mass is 351 g/mol. The minimum Gasteiger partial charge on any atom is -0.508 e. The second-order valence-electron chi connectivity index (χ2n) is 7.17. The molecule has 0 spiro atoms. The molecule has 1 aliphatic carbocycles. The van der Waals surface area contributed by atoms with Crippen molar-refractivity contribution in [3.05, 3.63) is 102 Å². The van der Waals surface area contributed by atoms with E-state index in [1.165, 1.54) is 39.2 Å². The largest absolute Gasteiger partial charge is 0.508 e. The summed E-state index contributed by atoms with van der Waals surface area (Å²) >= 11 is 0. The second kappa shape index (κ2) is 6.48. The zero-order valence-electron chi connectivity index (χ0n) is 15.1. The Morgan fingerprint density at radius 3 is 2.30 bits per heavy atom. The lowest BCUT2D eigenvalue weighted by atomic mass is 9.90. The third-order valence-corrected chi connectivity index (χ3v) is 5.49. The Labute approximate surface area is 159 Å². The van der Waals surface area contributed by atoms with E-state index in [1.807, 2.05) is 12.1 Å². The van der Waals surface area contributed by atoms with Gasteiger partial charge in [-0.2, -0.15) is 0 Å². The number of phenolic OH excluding ortho intramolecular Hbond substituents is 1. The second-order valence-corrected chi connectivity index (χ2v) is 7.17. The molecule has 0 saturated carbocycles. The molecule has 27 heavy (non-hydrogen) atoms. The molecule has 132 valence electrons. The molecule has 1 aliphatic rings. The summed E-state index contributed by atoms with van der Waals surface area (Å²) < 4.78 is 2.45. The zero-order valence-corrected chi connectivity index (χ0v) is 15.1. The standard InChI is InChI=1S/C25H21NO/c27-21-13-10-18(11-14-21)17-26-24-15-12-19-6-4-5-9-22(19)23(24)16-25(26)20-7-2-1-3-8-20/h1-11,13-14,16,27H,12,15,17H2. The molecule has 3 aromatic carbocycles. The van der Waals surface area contributed by atoms with Gasteiger partial charge in [0.2, 0.25) is 0 Å². The maximum Gasteiger partial charge on any atom is 0.115 e. The van der Waals surface area contributed by atoms with Crippen molar-refractivity contribution in [3.63, 3.8) is 0 Å². The van der Waals surface area contributed by atoms with E-state index in [1.54, 1.807) is 12.1 Å². The number of hydrogen-bond acceptors (Lipinski definition) is 1. The molecule has 1 heterocycles. The Kier molecular flexibility index (Phi) is 3.83. The van der Waals surface area contributed by atoms with Gasteiger partial charge in [-0.25, -0.2) is 0 Å². The first kappa shape index (κ1) is 16.0. The molecular weight excluding hydrogens is 330 g/mol. The van der Waals surface area contributed by atoms with Gasteiger partial charge in [-0.15, -0.1) is 0 Å². The maximum atomic E-state index is 9.61. The maximum absolute atomic E-state index is 9.61. The number of hydrogen-bond donors (Lipinski definition) is 1. The minimum atomic E-state index is 0.311. The summed E-state index contributed by atoms with van der Waals surface area (Å²) in [5.41, 5.74) is 9.25. The summed E-state index contributed by atoms with van der Waals surface area (Å²) in [6.07, 6.45) is 2.13. The van der Waals surface area contributed by atoms with Crippen LogP contribution in [-0.2, 0) is 19.4 Å². The van der Waals surface area contributed by atoms with Crippen LogP contribution >= 0.6 is 0 Å². The molecule has 2 heteroatoms. The van der Waals surface area contributed by atoms with Crippen molar-refractivity contribution in [1.82, 2.24) is 4.57 Å². The van der Waals surface area contributed by atoms with Gasteiger partial charge in [0.15, 0.2) is 0 Å². The molecule has 0 aliphatic heterocycles. The number of aromatic nitrogens is 1. The molecule has 2 nitrogen and oxygen atoms in total. The van der Waals surface area contributed by atoms with Gasteiger partial charge in [0.1, 0.15) is 5.75 Å². The van der Waals surface area contributed by atoms with Crippen LogP contribution in [0.25, 0.3) is 22.4 Å². The van der Waals surface area contributed by atoms with Gasteiger partial charge in [-0.05, 0) is 53.3 Å². The van der Waals surface area contributed by atoms with Crippen LogP contribution in [0.1, 0.15) is 16.8 Å². The predicted octanol–water partition coefficient (Wildman–Crippen LogP) is 5.67. The first-order valence-corrected chi connectivity index (χ1v) is 9.43. The summed E-state index contributed by atoms with van der Waals surface area (Å²) in [6.45, 7) is 0.808. The summed E-state index contributed by atoms with van der Waals surface area (Å²) in [4.78, 5) is 0. The predicted molar refractivity (Wildman–Crippen MR) is 110 cm³/mol. The molecule has 1 aromatic heterocycles. The molecule has 0 bridgehead atoms. The fourth-order valence-electron chi connectivity index (χ4n) is 4.16. The minimum absolute atomic E-state index is 0.311. The van der Waals surface area contributed by atoms with Gasteiger partial charge in [0, 0.05) is 23.5 Å². The van der Waals surface area contributed by atoms with Crippen LogP contribution in [-0.4, -0.2) is 9.67 Å². The Morgan fingerprint density at radius 2 is 1.48 bits per heavy atom. The SMILES string of the molecule is Oc1ccc(Cn2c(-c3ccccc3)cc3c2CCc2ccccc2-3)cc1. The Balaban J connectivity index is 1.69. The van der Waals surface area contributed by atoms with Crippen LogP contribution in [0.4, 0.5) is 0 Å². The number of rotatable bonds is 3. The molecule has 4 aromatic rings. The van der Waals surface area contributed by atoms with E-state index in [0.29, 0.717) is 5.75 Å². The van der Waals surface area contributed by atoms with Gasteiger partial charge in [-0.3, -0.25) is 0 Å². The molecule has 0 saturated heterocycles. The number of benzene rings is 3. The van der Waals surface area contributed by atoms with Crippen LogP contribution in [0.3, 0.4) is 0 Å². The van der Waals surface area contributed by atoms with Crippen molar-refractivity contribution in [2.45, 2.75) is 19.4 Å². The van der Waals surface area contributed by atoms with Crippen LogP contribution in [0, 0.1) is 0 Å². The highest BCUT2D eigenvalue weighted by Gasteiger charge is 2.22. The number of aryl methyl sites for hydroxylation is 1. The Bertz CT molecular complexity index is 1090. The molecular formula is C25H21NO. The lowest BCUT2D eigenvalue weighted by molar-refractivity contribution is 0.475. The van der Waals surface area contributed by atoms with E-state index in [4.69, 9.17) is 0 Å². The van der Waals surface area contributed by atoms with E-state index in [0.717, 1.165) is 19.4 Å². The zero-order chi connectivity index (χ0) is 18.2. The third kappa shape index (κ3) is 2.83. The summed E-state index contributed by atoms with van der Waals surface area (Å²) in [6, 6.07) is 29.3. The van der Waals surface area contributed by atoms with Crippen molar-refractivity contribution >= 4 is 0 Å². The molecule has 0 atom stereocenters. The normalized spacial score (nSPS) is 12.4. The average molecular weight is 351 g/mol. The van der Waals surface area contributed by atoms with Crippen LogP contribution < -0.4 is 0 Å². The van der Waals surface area contributed by atoms with Gasteiger partial charge in [0.25, 0.3) is 0 Å². The summed E-state index contributed by atoms with van der Waals surface area (Å²) in [5.74, 6) is 0.311. The highest BCUT2D eigenvalue weighted by Crippen LogP contribution is 2.39. The lowest BCUT2D eigenvalue weighted by Crippen LogP contribution is -2.11. The average Bonchev–Trinajstić information content (AvgIpc) is 3.09. The van der Waals surface area contributed by atoms with Crippen molar-refractivity contribution in [3.8, 4) is 28.1 Å². The van der Waals surface area contributed by atoms with Crippen LogP contribution in [0.5, 0.6) is 5.75 Å². The van der Waals surface area contributed by atoms with Gasteiger partial charge < -0.3 is 9.67 Å². The van der Waals surface area contributed by atoms with Gasteiger partial charge in [0.05, 0.1) is 0 Å². The molecule has 0 unspecified atom stereocenters.